The predicted octanol–water partition coefficient (Wildman–Crippen LogP) is 4.01. The van der Waals surface area contributed by atoms with Crippen molar-refractivity contribution in [3.05, 3.63) is 72.1 Å². The van der Waals surface area contributed by atoms with Crippen molar-refractivity contribution >= 4 is 5.69 Å². The minimum atomic E-state index is 0.765. The Balaban J connectivity index is 1.85. The van der Waals surface area contributed by atoms with Crippen LogP contribution in [0, 0.1) is 6.92 Å². The second-order valence-corrected chi connectivity index (χ2v) is 5.17. The van der Waals surface area contributed by atoms with Gasteiger partial charge in [-0.25, -0.2) is 0 Å². The lowest BCUT2D eigenvalue weighted by molar-refractivity contribution is 0.713. The molecule has 0 unspecified atom stereocenters. The van der Waals surface area contributed by atoms with Crippen molar-refractivity contribution in [3.8, 4) is 11.1 Å². The number of nitrogens with one attached hydrogen (secondary N) is 1. The molecule has 0 bridgehead atoms. The fraction of sp³-hybridized carbons (Fsp3) is 0.167. The molecule has 0 aliphatic rings. The molecule has 0 radical (unpaired) electrons. The quantitative estimate of drug-likeness (QED) is 0.781. The molecule has 3 aromatic rings. The number of aromatic nitrogens is 2. The summed E-state index contributed by atoms with van der Waals surface area (Å²) in [7, 11) is 1.98. The van der Waals surface area contributed by atoms with Gasteiger partial charge in [0.2, 0.25) is 0 Å². The van der Waals surface area contributed by atoms with E-state index >= 15 is 0 Å². The van der Waals surface area contributed by atoms with E-state index < -0.39 is 0 Å². The highest BCUT2D eigenvalue weighted by Gasteiger charge is 2.06. The van der Waals surface area contributed by atoms with E-state index in [1.54, 1.807) is 0 Å². The fourth-order valence-corrected chi connectivity index (χ4v) is 2.52. The van der Waals surface area contributed by atoms with E-state index in [2.05, 4.69) is 65.0 Å². The van der Waals surface area contributed by atoms with E-state index in [4.69, 9.17) is 0 Å². The lowest BCUT2D eigenvalue weighted by Crippen LogP contribution is -2.06. The Morgan fingerprint density at radius 2 is 1.71 bits per heavy atom. The highest BCUT2D eigenvalue weighted by molar-refractivity contribution is 5.77. The fourth-order valence-electron chi connectivity index (χ4n) is 2.52. The van der Waals surface area contributed by atoms with Crippen molar-refractivity contribution in [1.29, 1.82) is 0 Å². The van der Waals surface area contributed by atoms with Crippen LogP contribution >= 0.6 is 0 Å². The van der Waals surface area contributed by atoms with Gasteiger partial charge in [0.25, 0.3) is 0 Å². The molecule has 0 fully saturated rings. The molecule has 0 aliphatic heterocycles. The van der Waals surface area contributed by atoms with Crippen molar-refractivity contribution in [2.75, 3.05) is 5.32 Å². The maximum absolute atomic E-state index is 4.38. The molecule has 106 valence electrons. The van der Waals surface area contributed by atoms with Crippen LogP contribution in [-0.2, 0) is 13.6 Å². The maximum atomic E-state index is 4.38. The van der Waals surface area contributed by atoms with Crippen LogP contribution in [0.4, 0.5) is 5.69 Å². The average molecular weight is 277 g/mol. The Morgan fingerprint density at radius 3 is 2.43 bits per heavy atom. The van der Waals surface area contributed by atoms with Gasteiger partial charge in [-0.1, -0.05) is 48.5 Å². The summed E-state index contributed by atoms with van der Waals surface area (Å²) < 4.78 is 1.92. The monoisotopic (exact) mass is 277 g/mol. The Kier molecular flexibility index (Phi) is 3.73. The molecule has 0 amide bonds. The van der Waals surface area contributed by atoms with Gasteiger partial charge in [0.05, 0.1) is 17.9 Å². The Morgan fingerprint density at radius 1 is 1.00 bits per heavy atom. The zero-order chi connectivity index (χ0) is 14.7. The third-order valence-corrected chi connectivity index (χ3v) is 3.57. The lowest BCUT2D eigenvalue weighted by Gasteiger charge is -2.12. The van der Waals surface area contributed by atoms with Crippen molar-refractivity contribution in [3.63, 3.8) is 0 Å². The number of anilines is 1. The van der Waals surface area contributed by atoms with E-state index in [0.717, 1.165) is 17.9 Å². The third kappa shape index (κ3) is 2.97. The van der Waals surface area contributed by atoms with Gasteiger partial charge in [-0.2, -0.15) is 5.10 Å². The van der Waals surface area contributed by atoms with Gasteiger partial charge in [0, 0.05) is 18.3 Å². The molecule has 3 rings (SSSR count). The first-order valence-electron chi connectivity index (χ1n) is 7.12. The van der Waals surface area contributed by atoms with Crippen LogP contribution in [0.3, 0.4) is 0 Å². The first-order chi connectivity index (χ1) is 10.2. The van der Waals surface area contributed by atoms with Crippen LogP contribution < -0.4 is 5.32 Å². The lowest BCUT2D eigenvalue weighted by atomic mass is 10.0. The molecule has 0 saturated carbocycles. The van der Waals surface area contributed by atoms with E-state index in [-0.39, 0.29) is 0 Å². The summed E-state index contributed by atoms with van der Waals surface area (Å²) in [6.45, 7) is 2.78. The Bertz CT molecular complexity index is 729. The molecular weight excluding hydrogens is 258 g/mol. The summed E-state index contributed by atoms with van der Waals surface area (Å²) in [6, 6.07) is 20.9. The number of hydrogen-bond donors (Lipinski definition) is 1. The number of rotatable bonds is 4. The van der Waals surface area contributed by atoms with Crippen LogP contribution in [0.2, 0.25) is 0 Å². The predicted molar refractivity (Wildman–Crippen MR) is 87.1 cm³/mol. The standard InChI is InChI=1S/C18H19N3/c1-14-12-16(21(2)20-14)13-19-18-11-7-6-10-17(18)15-8-4-3-5-9-15/h3-12,19H,13H2,1-2H3. The highest BCUT2D eigenvalue weighted by atomic mass is 15.3. The normalized spacial score (nSPS) is 10.6. The van der Waals surface area contributed by atoms with E-state index in [1.165, 1.54) is 16.8 Å². The molecule has 21 heavy (non-hydrogen) atoms. The Labute approximate surface area is 125 Å². The van der Waals surface area contributed by atoms with Gasteiger partial charge < -0.3 is 5.32 Å². The van der Waals surface area contributed by atoms with E-state index in [1.807, 2.05) is 24.7 Å². The van der Waals surface area contributed by atoms with Gasteiger partial charge in [-0.15, -0.1) is 0 Å². The number of aryl methyl sites for hydroxylation is 2. The van der Waals surface area contributed by atoms with Gasteiger partial charge in [0.15, 0.2) is 0 Å². The first-order valence-corrected chi connectivity index (χ1v) is 7.12. The summed E-state index contributed by atoms with van der Waals surface area (Å²) in [5, 5.41) is 7.90. The van der Waals surface area contributed by atoms with Crippen molar-refractivity contribution in [2.24, 2.45) is 7.05 Å². The van der Waals surface area contributed by atoms with Crippen LogP contribution in [-0.4, -0.2) is 9.78 Å². The van der Waals surface area contributed by atoms with E-state index in [9.17, 15) is 0 Å². The summed E-state index contributed by atoms with van der Waals surface area (Å²) >= 11 is 0. The van der Waals surface area contributed by atoms with Gasteiger partial charge in [0.1, 0.15) is 0 Å². The van der Waals surface area contributed by atoms with Gasteiger partial charge >= 0.3 is 0 Å². The molecule has 3 heteroatoms. The van der Waals surface area contributed by atoms with Crippen molar-refractivity contribution in [1.82, 2.24) is 9.78 Å². The summed E-state index contributed by atoms with van der Waals surface area (Å²) in [4.78, 5) is 0. The Hall–Kier alpha value is -2.55. The van der Waals surface area contributed by atoms with E-state index in [0.29, 0.717) is 0 Å². The molecule has 3 nitrogen and oxygen atoms in total. The number of benzene rings is 2. The largest absolute Gasteiger partial charge is 0.379 e. The smallest absolute Gasteiger partial charge is 0.0597 e. The van der Waals surface area contributed by atoms with Crippen LogP contribution in [0.15, 0.2) is 60.7 Å². The minimum Gasteiger partial charge on any atom is -0.379 e. The molecule has 0 saturated heterocycles. The SMILES string of the molecule is Cc1cc(CNc2ccccc2-c2ccccc2)n(C)n1. The summed E-state index contributed by atoms with van der Waals surface area (Å²) in [5.41, 5.74) is 5.81. The van der Waals surface area contributed by atoms with Crippen molar-refractivity contribution < 1.29 is 0 Å². The molecule has 0 aliphatic carbocycles. The average Bonchev–Trinajstić information content (AvgIpc) is 2.84. The second kappa shape index (κ2) is 5.83. The molecule has 1 heterocycles. The molecular formula is C18H19N3. The topological polar surface area (TPSA) is 29.9 Å². The summed E-state index contributed by atoms with van der Waals surface area (Å²) in [6.07, 6.45) is 0. The van der Waals surface area contributed by atoms with Crippen LogP contribution in [0.25, 0.3) is 11.1 Å². The minimum absolute atomic E-state index is 0.765. The number of hydrogen-bond acceptors (Lipinski definition) is 2. The molecule has 2 aromatic carbocycles. The second-order valence-electron chi connectivity index (χ2n) is 5.17. The van der Waals surface area contributed by atoms with Gasteiger partial charge in [-0.3, -0.25) is 4.68 Å². The molecule has 1 N–H and O–H groups in total. The number of nitrogens with zero attached hydrogens (tertiary/aromatic N) is 2. The highest BCUT2D eigenvalue weighted by Crippen LogP contribution is 2.27. The maximum Gasteiger partial charge on any atom is 0.0597 e. The third-order valence-electron chi connectivity index (χ3n) is 3.57. The molecule has 1 aromatic heterocycles. The van der Waals surface area contributed by atoms with Gasteiger partial charge in [-0.05, 0) is 24.6 Å². The summed E-state index contributed by atoms with van der Waals surface area (Å²) in [5.74, 6) is 0. The van der Waals surface area contributed by atoms with Crippen LogP contribution in [0.5, 0.6) is 0 Å². The van der Waals surface area contributed by atoms with Crippen LogP contribution in [0.1, 0.15) is 11.4 Å². The number of para-hydroxylation sites is 1. The zero-order valence-corrected chi connectivity index (χ0v) is 12.4. The van der Waals surface area contributed by atoms with Crippen molar-refractivity contribution in [2.45, 2.75) is 13.5 Å². The molecule has 0 atom stereocenters. The first kappa shape index (κ1) is 13.4. The molecule has 0 spiro atoms. The zero-order valence-electron chi connectivity index (χ0n) is 12.4.